The second kappa shape index (κ2) is 11.7. The average Bonchev–Trinajstić information content (AvgIpc) is 2.67. The van der Waals surface area contributed by atoms with Crippen molar-refractivity contribution in [2.45, 2.75) is 33.2 Å². The van der Waals surface area contributed by atoms with Gasteiger partial charge in [0.05, 0.1) is 6.61 Å². The second-order valence-electron chi connectivity index (χ2n) is 6.39. The highest BCUT2D eigenvalue weighted by Crippen LogP contribution is 2.28. The molecule has 2 aromatic rings. The summed E-state index contributed by atoms with van der Waals surface area (Å²) in [4.78, 5) is 0.926. The summed E-state index contributed by atoms with van der Waals surface area (Å²) < 4.78 is 5.37. The van der Waals surface area contributed by atoms with Crippen LogP contribution >= 0.6 is 12.6 Å². The third-order valence-corrected chi connectivity index (χ3v) is 4.37. The number of ether oxygens (including phenoxy) is 1. The van der Waals surface area contributed by atoms with Gasteiger partial charge in [0.25, 0.3) is 0 Å². The number of unbranched alkanes of at least 4 members (excludes halogenated alkanes) is 1. The van der Waals surface area contributed by atoms with Crippen molar-refractivity contribution in [2.75, 3.05) is 19.7 Å². The smallest absolute Gasteiger partial charge is 0.160 e. The summed E-state index contributed by atoms with van der Waals surface area (Å²) >= 11 is 4.65. The quantitative estimate of drug-likeness (QED) is 0.381. The van der Waals surface area contributed by atoms with Gasteiger partial charge in [-0.3, -0.25) is 5.43 Å². The minimum atomic E-state index is 0.150. The average molecular weight is 387 g/mol. The molecular formula is C22H30N2O2S. The lowest BCUT2D eigenvalue weighted by atomic mass is 10.2. The minimum Gasteiger partial charge on any atom is -0.504 e. The number of benzene rings is 2. The van der Waals surface area contributed by atoms with Crippen molar-refractivity contribution < 1.29 is 9.84 Å². The van der Waals surface area contributed by atoms with Crippen molar-refractivity contribution in [3.63, 3.8) is 0 Å². The largest absolute Gasteiger partial charge is 0.504 e. The Morgan fingerprint density at radius 3 is 2.63 bits per heavy atom. The number of phenolic OH excluding ortho intramolecular Hbond substituents is 1. The van der Waals surface area contributed by atoms with Gasteiger partial charge in [0.2, 0.25) is 0 Å². The van der Waals surface area contributed by atoms with Crippen molar-refractivity contribution in [2.24, 2.45) is 0 Å². The first-order valence-corrected chi connectivity index (χ1v) is 9.94. The van der Waals surface area contributed by atoms with Gasteiger partial charge in [-0.2, -0.15) is 0 Å². The van der Waals surface area contributed by atoms with Crippen LogP contribution in [0.2, 0.25) is 0 Å². The molecule has 0 aliphatic rings. The highest BCUT2D eigenvalue weighted by atomic mass is 32.1. The molecule has 2 N–H and O–H groups in total. The van der Waals surface area contributed by atoms with Crippen molar-refractivity contribution >= 4 is 18.7 Å². The fraction of sp³-hybridized carbons (Fsp3) is 0.364. The van der Waals surface area contributed by atoms with E-state index in [1.54, 1.807) is 12.1 Å². The number of hydrogen-bond acceptors (Lipinski definition) is 5. The first-order chi connectivity index (χ1) is 13.1. The molecule has 0 aliphatic carbocycles. The van der Waals surface area contributed by atoms with E-state index in [9.17, 15) is 5.11 Å². The number of phenols is 1. The van der Waals surface area contributed by atoms with E-state index in [0.717, 1.165) is 36.4 Å². The maximum absolute atomic E-state index is 10.0. The molecule has 2 aromatic carbocycles. The van der Waals surface area contributed by atoms with Crippen molar-refractivity contribution in [1.82, 2.24) is 10.4 Å². The van der Waals surface area contributed by atoms with Crippen LogP contribution in [-0.2, 0) is 6.54 Å². The first kappa shape index (κ1) is 21.4. The van der Waals surface area contributed by atoms with Gasteiger partial charge in [-0.25, -0.2) is 5.01 Å². The summed E-state index contributed by atoms with van der Waals surface area (Å²) in [5.74, 6) is 0.654. The molecule has 0 heterocycles. The van der Waals surface area contributed by atoms with Crippen LogP contribution < -0.4 is 10.2 Å². The molecule has 27 heavy (non-hydrogen) atoms. The van der Waals surface area contributed by atoms with Crippen LogP contribution in [0.15, 0.2) is 53.4 Å². The van der Waals surface area contributed by atoms with Crippen LogP contribution in [0.4, 0.5) is 0 Å². The Morgan fingerprint density at radius 1 is 1.19 bits per heavy atom. The number of thiol groups is 1. The van der Waals surface area contributed by atoms with Gasteiger partial charge in [0.1, 0.15) is 0 Å². The Morgan fingerprint density at radius 2 is 1.96 bits per heavy atom. The summed E-state index contributed by atoms with van der Waals surface area (Å²) in [7, 11) is 0. The van der Waals surface area contributed by atoms with Gasteiger partial charge in [-0.15, -0.1) is 12.6 Å². The third kappa shape index (κ3) is 7.67. The van der Waals surface area contributed by atoms with Gasteiger partial charge in [0.15, 0.2) is 11.5 Å². The van der Waals surface area contributed by atoms with Gasteiger partial charge in [0, 0.05) is 19.6 Å². The topological polar surface area (TPSA) is 44.7 Å². The molecular weight excluding hydrogens is 356 g/mol. The molecule has 2 rings (SSSR count). The lowest BCUT2D eigenvalue weighted by Gasteiger charge is -2.23. The predicted octanol–water partition coefficient (Wildman–Crippen LogP) is 4.87. The Hall–Kier alpha value is -1.95. The van der Waals surface area contributed by atoms with Gasteiger partial charge < -0.3 is 9.84 Å². The zero-order chi connectivity index (χ0) is 19.5. The Bertz CT molecular complexity index is 720. The fourth-order valence-corrected chi connectivity index (χ4v) is 3.02. The summed E-state index contributed by atoms with van der Waals surface area (Å²) in [6, 6.07) is 15.8. The number of aromatic hydroxyl groups is 1. The van der Waals surface area contributed by atoms with E-state index in [4.69, 9.17) is 4.74 Å². The Labute approximate surface area is 168 Å². The highest BCUT2D eigenvalue weighted by Gasteiger charge is 2.07. The summed E-state index contributed by atoms with van der Waals surface area (Å²) in [6.45, 7) is 7.05. The normalized spacial score (nSPS) is 11.8. The Kier molecular flexibility index (Phi) is 9.25. The van der Waals surface area contributed by atoms with Crippen LogP contribution in [0.25, 0.3) is 6.08 Å². The first-order valence-electron chi connectivity index (χ1n) is 9.50. The molecule has 0 amide bonds. The standard InChI is InChI=1S/C22H30N2O2S/c1-3-5-13-24(23-16-18-9-7-6-8-10-18)17-20(27)14-19-11-12-22(26-4-2)21(25)15-19/h6-12,14-15,23,25,27H,3-5,13,16-17H2,1-2H3/b20-14-. The molecule has 0 aliphatic heterocycles. The molecule has 0 aromatic heterocycles. The highest BCUT2D eigenvalue weighted by molar-refractivity contribution is 7.84. The molecule has 0 spiro atoms. The zero-order valence-corrected chi connectivity index (χ0v) is 17.1. The minimum absolute atomic E-state index is 0.150. The van der Waals surface area contributed by atoms with Crippen LogP contribution in [0.5, 0.6) is 11.5 Å². The predicted molar refractivity (Wildman–Crippen MR) is 116 cm³/mol. The third-order valence-electron chi connectivity index (χ3n) is 4.10. The number of nitrogens with one attached hydrogen (secondary N) is 1. The van der Waals surface area contributed by atoms with E-state index in [0.29, 0.717) is 18.9 Å². The van der Waals surface area contributed by atoms with Crippen LogP contribution in [0.1, 0.15) is 37.8 Å². The number of hydrazine groups is 1. The van der Waals surface area contributed by atoms with Gasteiger partial charge in [-0.1, -0.05) is 49.7 Å². The molecule has 0 fully saturated rings. The van der Waals surface area contributed by atoms with E-state index in [2.05, 4.69) is 54.3 Å². The number of rotatable bonds is 11. The molecule has 0 saturated carbocycles. The van der Waals surface area contributed by atoms with Crippen LogP contribution in [0.3, 0.4) is 0 Å². The van der Waals surface area contributed by atoms with E-state index < -0.39 is 0 Å². The molecule has 0 bridgehead atoms. The molecule has 0 radical (unpaired) electrons. The maximum Gasteiger partial charge on any atom is 0.160 e. The van der Waals surface area contributed by atoms with Crippen LogP contribution in [-0.4, -0.2) is 29.8 Å². The van der Waals surface area contributed by atoms with Crippen molar-refractivity contribution in [3.8, 4) is 11.5 Å². The zero-order valence-electron chi connectivity index (χ0n) is 16.2. The molecule has 5 heteroatoms. The Balaban J connectivity index is 1.99. The molecule has 146 valence electrons. The fourth-order valence-electron chi connectivity index (χ4n) is 2.70. The lowest BCUT2D eigenvalue weighted by molar-refractivity contribution is 0.201. The summed E-state index contributed by atoms with van der Waals surface area (Å²) in [5, 5.41) is 12.2. The molecule has 0 atom stereocenters. The van der Waals surface area contributed by atoms with E-state index in [1.807, 2.05) is 25.1 Å². The molecule has 4 nitrogen and oxygen atoms in total. The molecule has 0 saturated heterocycles. The summed E-state index contributed by atoms with van der Waals surface area (Å²) in [6.07, 6.45) is 4.23. The number of nitrogens with zero attached hydrogens (tertiary/aromatic N) is 1. The number of hydrogen-bond donors (Lipinski definition) is 3. The van der Waals surface area contributed by atoms with E-state index in [1.165, 1.54) is 5.56 Å². The SMILES string of the molecule is CCCCN(C/C(S)=C/c1ccc(OCC)c(O)c1)NCc1ccccc1. The van der Waals surface area contributed by atoms with E-state index >= 15 is 0 Å². The van der Waals surface area contributed by atoms with Gasteiger partial charge in [-0.05, 0) is 47.6 Å². The lowest BCUT2D eigenvalue weighted by Crippen LogP contribution is -2.39. The monoisotopic (exact) mass is 386 g/mol. The van der Waals surface area contributed by atoms with Gasteiger partial charge >= 0.3 is 0 Å². The summed E-state index contributed by atoms with van der Waals surface area (Å²) in [5.41, 5.74) is 5.65. The van der Waals surface area contributed by atoms with E-state index in [-0.39, 0.29) is 5.75 Å². The van der Waals surface area contributed by atoms with Crippen molar-refractivity contribution in [1.29, 1.82) is 0 Å². The second-order valence-corrected chi connectivity index (χ2v) is 6.97. The maximum atomic E-state index is 10.0. The van der Waals surface area contributed by atoms with Crippen LogP contribution in [0, 0.1) is 0 Å². The molecule has 0 unspecified atom stereocenters. The van der Waals surface area contributed by atoms with Crippen molar-refractivity contribution in [3.05, 3.63) is 64.6 Å².